The standard InChI is InChI=1S/C13H25N3O/c1-9(2)17-12-6-11(7-12)16-13(14)15-8-10-4-3-5-10/h9-12H,3-8H2,1-2H3,(H3,14,15,16). The highest BCUT2D eigenvalue weighted by Gasteiger charge is 2.30. The van der Waals surface area contributed by atoms with Crippen LogP contribution in [0, 0.1) is 5.92 Å². The first kappa shape index (κ1) is 12.7. The molecular formula is C13H25N3O. The van der Waals surface area contributed by atoms with Gasteiger partial charge >= 0.3 is 0 Å². The highest BCUT2D eigenvalue weighted by atomic mass is 16.5. The number of guanidine groups is 1. The monoisotopic (exact) mass is 239 g/mol. The SMILES string of the molecule is CC(C)OC1CC(NC(N)=NCC2CCC2)C1. The van der Waals surface area contributed by atoms with E-state index >= 15 is 0 Å². The molecule has 4 heteroatoms. The lowest BCUT2D eigenvalue weighted by molar-refractivity contribution is -0.0466. The summed E-state index contributed by atoms with van der Waals surface area (Å²) in [5, 5.41) is 3.27. The Kier molecular flexibility index (Phi) is 4.26. The average Bonchev–Trinajstić information content (AvgIpc) is 2.11. The molecule has 2 saturated carbocycles. The van der Waals surface area contributed by atoms with E-state index in [0.717, 1.165) is 25.3 Å². The van der Waals surface area contributed by atoms with Gasteiger partial charge in [0.15, 0.2) is 5.96 Å². The number of rotatable bonds is 5. The number of nitrogens with two attached hydrogens (primary N) is 1. The second-order valence-electron chi connectivity index (χ2n) is 5.64. The molecule has 4 nitrogen and oxygen atoms in total. The zero-order valence-electron chi connectivity index (χ0n) is 11.0. The Balaban J connectivity index is 1.58. The highest BCUT2D eigenvalue weighted by Crippen LogP contribution is 2.26. The summed E-state index contributed by atoms with van der Waals surface area (Å²) in [4.78, 5) is 4.40. The maximum absolute atomic E-state index is 5.86. The first-order valence-corrected chi connectivity index (χ1v) is 6.85. The summed E-state index contributed by atoms with van der Waals surface area (Å²) in [7, 11) is 0. The number of nitrogens with zero attached hydrogens (tertiary/aromatic N) is 1. The average molecular weight is 239 g/mol. The van der Waals surface area contributed by atoms with E-state index < -0.39 is 0 Å². The lowest BCUT2D eigenvalue weighted by Gasteiger charge is -2.37. The van der Waals surface area contributed by atoms with Gasteiger partial charge in [-0.25, -0.2) is 0 Å². The first-order valence-electron chi connectivity index (χ1n) is 6.85. The molecule has 0 unspecified atom stereocenters. The van der Waals surface area contributed by atoms with Crippen molar-refractivity contribution in [2.45, 2.75) is 64.2 Å². The fraction of sp³-hybridized carbons (Fsp3) is 0.923. The van der Waals surface area contributed by atoms with Crippen LogP contribution in [0.15, 0.2) is 4.99 Å². The maximum atomic E-state index is 5.86. The summed E-state index contributed by atoms with van der Waals surface area (Å²) in [6.45, 7) is 5.06. The van der Waals surface area contributed by atoms with E-state index in [1.54, 1.807) is 0 Å². The van der Waals surface area contributed by atoms with Crippen LogP contribution < -0.4 is 11.1 Å². The van der Waals surface area contributed by atoms with Crippen molar-refractivity contribution < 1.29 is 4.74 Å². The topological polar surface area (TPSA) is 59.6 Å². The van der Waals surface area contributed by atoms with Gasteiger partial charge in [0, 0.05) is 12.6 Å². The Morgan fingerprint density at radius 3 is 2.65 bits per heavy atom. The summed E-state index contributed by atoms with van der Waals surface area (Å²) in [5.41, 5.74) is 5.86. The van der Waals surface area contributed by atoms with Gasteiger partial charge in [0.2, 0.25) is 0 Å². The third kappa shape index (κ3) is 3.87. The van der Waals surface area contributed by atoms with Gasteiger partial charge < -0.3 is 15.8 Å². The Hall–Kier alpha value is -0.770. The molecule has 0 saturated heterocycles. The lowest BCUT2D eigenvalue weighted by Crippen LogP contribution is -2.50. The van der Waals surface area contributed by atoms with E-state index in [2.05, 4.69) is 24.2 Å². The van der Waals surface area contributed by atoms with E-state index in [0.29, 0.717) is 24.2 Å². The molecule has 0 aromatic rings. The lowest BCUT2D eigenvalue weighted by atomic mass is 9.86. The van der Waals surface area contributed by atoms with Crippen LogP contribution in [0.2, 0.25) is 0 Å². The highest BCUT2D eigenvalue weighted by molar-refractivity contribution is 5.78. The molecule has 2 aliphatic carbocycles. The summed E-state index contributed by atoms with van der Waals surface area (Å²) < 4.78 is 5.70. The molecule has 0 radical (unpaired) electrons. The minimum absolute atomic E-state index is 0.325. The summed E-state index contributed by atoms with van der Waals surface area (Å²) in [6.07, 6.45) is 6.85. The zero-order valence-corrected chi connectivity index (χ0v) is 11.0. The van der Waals surface area contributed by atoms with Gasteiger partial charge in [0.25, 0.3) is 0 Å². The van der Waals surface area contributed by atoms with E-state index in [4.69, 9.17) is 10.5 Å². The Labute approximate surface area is 104 Å². The van der Waals surface area contributed by atoms with Gasteiger partial charge in [-0.1, -0.05) is 6.42 Å². The Bertz CT molecular complexity index is 268. The van der Waals surface area contributed by atoms with Crippen molar-refractivity contribution in [2.75, 3.05) is 6.54 Å². The fourth-order valence-electron chi connectivity index (χ4n) is 2.34. The van der Waals surface area contributed by atoms with Crippen molar-refractivity contribution in [1.29, 1.82) is 0 Å². The van der Waals surface area contributed by atoms with Crippen LogP contribution in [-0.4, -0.2) is 30.8 Å². The van der Waals surface area contributed by atoms with Crippen LogP contribution in [0.3, 0.4) is 0 Å². The molecular weight excluding hydrogens is 214 g/mol. The summed E-state index contributed by atoms with van der Waals surface area (Å²) in [6, 6.07) is 0.462. The van der Waals surface area contributed by atoms with Gasteiger partial charge in [-0.15, -0.1) is 0 Å². The number of nitrogens with one attached hydrogen (secondary N) is 1. The second kappa shape index (κ2) is 5.71. The van der Waals surface area contributed by atoms with Crippen LogP contribution in [0.4, 0.5) is 0 Å². The molecule has 2 aliphatic rings. The van der Waals surface area contributed by atoms with Crippen molar-refractivity contribution in [3.05, 3.63) is 0 Å². The van der Waals surface area contributed by atoms with Gasteiger partial charge in [0.05, 0.1) is 12.2 Å². The van der Waals surface area contributed by atoms with Crippen molar-refractivity contribution in [1.82, 2.24) is 5.32 Å². The molecule has 0 spiro atoms. The van der Waals surface area contributed by atoms with E-state index in [-0.39, 0.29) is 0 Å². The van der Waals surface area contributed by atoms with E-state index in [1.807, 2.05) is 0 Å². The maximum Gasteiger partial charge on any atom is 0.188 e. The number of hydrogen-bond acceptors (Lipinski definition) is 2. The normalized spacial score (nSPS) is 29.9. The van der Waals surface area contributed by atoms with Gasteiger partial charge in [0.1, 0.15) is 0 Å². The van der Waals surface area contributed by atoms with Crippen LogP contribution >= 0.6 is 0 Å². The predicted octanol–water partition coefficient (Wildman–Crippen LogP) is 1.65. The fourth-order valence-corrected chi connectivity index (χ4v) is 2.34. The summed E-state index contributed by atoms with van der Waals surface area (Å²) >= 11 is 0. The van der Waals surface area contributed by atoms with Gasteiger partial charge in [-0.2, -0.15) is 0 Å². The molecule has 0 amide bonds. The number of hydrogen-bond donors (Lipinski definition) is 2. The van der Waals surface area contributed by atoms with Crippen molar-refractivity contribution in [3.8, 4) is 0 Å². The Morgan fingerprint density at radius 2 is 2.12 bits per heavy atom. The zero-order chi connectivity index (χ0) is 12.3. The first-order chi connectivity index (χ1) is 8.13. The van der Waals surface area contributed by atoms with Crippen LogP contribution in [-0.2, 0) is 4.74 Å². The molecule has 0 atom stereocenters. The molecule has 17 heavy (non-hydrogen) atoms. The number of ether oxygens (including phenoxy) is 1. The molecule has 0 bridgehead atoms. The van der Waals surface area contributed by atoms with Gasteiger partial charge in [-0.3, -0.25) is 4.99 Å². The van der Waals surface area contributed by atoms with E-state index in [1.165, 1.54) is 19.3 Å². The molecule has 0 aliphatic heterocycles. The second-order valence-corrected chi connectivity index (χ2v) is 5.64. The van der Waals surface area contributed by atoms with Crippen molar-refractivity contribution in [3.63, 3.8) is 0 Å². The quantitative estimate of drug-likeness (QED) is 0.566. The van der Waals surface area contributed by atoms with Gasteiger partial charge in [-0.05, 0) is 45.4 Å². The molecule has 3 N–H and O–H groups in total. The molecule has 0 aromatic carbocycles. The molecule has 98 valence electrons. The third-order valence-electron chi connectivity index (χ3n) is 3.66. The number of aliphatic imine (C=N–C) groups is 1. The van der Waals surface area contributed by atoms with Crippen LogP contribution in [0.1, 0.15) is 46.0 Å². The smallest absolute Gasteiger partial charge is 0.188 e. The minimum atomic E-state index is 0.325. The predicted molar refractivity (Wildman–Crippen MR) is 70.0 cm³/mol. The largest absolute Gasteiger partial charge is 0.375 e. The van der Waals surface area contributed by atoms with Crippen LogP contribution in [0.5, 0.6) is 0 Å². The van der Waals surface area contributed by atoms with Crippen molar-refractivity contribution >= 4 is 5.96 Å². The molecule has 0 aromatic heterocycles. The Morgan fingerprint density at radius 1 is 1.41 bits per heavy atom. The van der Waals surface area contributed by atoms with Crippen LogP contribution in [0.25, 0.3) is 0 Å². The van der Waals surface area contributed by atoms with E-state index in [9.17, 15) is 0 Å². The summed E-state index contributed by atoms with van der Waals surface area (Å²) in [5.74, 6) is 1.40. The van der Waals surface area contributed by atoms with Crippen molar-refractivity contribution in [2.24, 2.45) is 16.6 Å². The third-order valence-corrected chi connectivity index (χ3v) is 3.66. The minimum Gasteiger partial charge on any atom is -0.375 e. The molecule has 0 heterocycles. The molecule has 2 fully saturated rings. The molecule has 2 rings (SSSR count).